The first-order valence-electron chi connectivity index (χ1n) is 12.3. The molecule has 4 aliphatic rings. The van der Waals surface area contributed by atoms with Crippen molar-refractivity contribution in [3.8, 4) is 0 Å². The van der Waals surface area contributed by atoms with Crippen molar-refractivity contribution < 1.29 is 43.8 Å². The zero-order valence-corrected chi connectivity index (χ0v) is 20.8. The van der Waals surface area contributed by atoms with Crippen molar-refractivity contribution in [3.05, 3.63) is 11.6 Å². The molecule has 2 saturated carbocycles. The van der Waals surface area contributed by atoms with E-state index in [-0.39, 0.29) is 43.5 Å². The van der Waals surface area contributed by atoms with Gasteiger partial charge in [-0.3, -0.25) is 4.79 Å². The van der Waals surface area contributed by atoms with Gasteiger partial charge in [0.2, 0.25) is 0 Å². The van der Waals surface area contributed by atoms with Crippen molar-refractivity contribution in [2.45, 2.75) is 62.8 Å². The molecule has 1 saturated heterocycles. The summed E-state index contributed by atoms with van der Waals surface area (Å²) < 4.78 is 28.6. The van der Waals surface area contributed by atoms with Gasteiger partial charge in [0.05, 0.1) is 49.7 Å². The highest BCUT2D eigenvalue weighted by atomic mass is 16.6. The van der Waals surface area contributed by atoms with Crippen LogP contribution in [0, 0.1) is 35.5 Å². The van der Waals surface area contributed by atoms with E-state index in [9.17, 15) is 20.1 Å². The van der Waals surface area contributed by atoms with Crippen molar-refractivity contribution >= 4 is 5.97 Å². The third-order valence-electron chi connectivity index (χ3n) is 8.76. The van der Waals surface area contributed by atoms with Crippen molar-refractivity contribution in [3.63, 3.8) is 0 Å². The lowest BCUT2D eigenvalue weighted by molar-refractivity contribution is -0.176. The van der Waals surface area contributed by atoms with Crippen LogP contribution in [-0.4, -0.2) is 98.6 Å². The molecule has 0 aromatic carbocycles. The maximum absolute atomic E-state index is 13.5. The summed E-state index contributed by atoms with van der Waals surface area (Å²) in [6.07, 6.45) is -0.567. The molecule has 2 aliphatic carbocycles. The average Bonchev–Trinajstić information content (AvgIpc) is 3.00. The lowest BCUT2D eigenvalue weighted by Crippen LogP contribution is -2.60. The van der Waals surface area contributed by atoms with Crippen molar-refractivity contribution in [2.75, 3.05) is 41.2 Å². The Hall–Kier alpha value is -1.07. The molecule has 4 rings (SSSR count). The van der Waals surface area contributed by atoms with Crippen LogP contribution >= 0.6 is 0 Å². The van der Waals surface area contributed by atoms with Crippen LogP contribution in [0.2, 0.25) is 0 Å². The lowest BCUT2D eigenvalue weighted by atomic mass is 9.53. The molecule has 0 aromatic heterocycles. The number of hydrogen-bond donors (Lipinski definition) is 3. The van der Waals surface area contributed by atoms with Gasteiger partial charge in [-0.25, -0.2) is 0 Å². The van der Waals surface area contributed by atoms with Crippen LogP contribution in [0.5, 0.6) is 0 Å². The van der Waals surface area contributed by atoms with E-state index in [4.69, 9.17) is 23.7 Å². The van der Waals surface area contributed by atoms with Gasteiger partial charge in [0.1, 0.15) is 12.2 Å². The molecule has 3 fully saturated rings. The number of esters is 1. The normalized spacial score (nSPS) is 48.6. The van der Waals surface area contributed by atoms with Crippen molar-refractivity contribution in [1.29, 1.82) is 0 Å². The van der Waals surface area contributed by atoms with E-state index in [1.165, 1.54) is 7.11 Å². The lowest BCUT2D eigenvalue weighted by Gasteiger charge is -2.51. The van der Waals surface area contributed by atoms with E-state index in [1.54, 1.807) is 14.2 Å². The standard InChI is InChI=1S/C25H40O9/c1-12-8-13(2)25-17(15(9-30-3)24(29)33-22(12)18(26)11-32-5)7-6-14-19(25)20(27)16(10-31-4)21(28)23(14)34-25/h8,12,14-23,26-28H,6-7,9-11H2,1-5H3/b13-8+/t12-,14-,15-,16-,17-,18-,19+,20-,21-,22+,23-,25+/m1/s1. The summed E-state index contributed by atoms with van der Waals surface area (Å²) in [6, 6.07) is 0. The SMILES string of the molecule is COC[C@H]1[C@@H](O)[C@@H]2O[C@@]34/C(C)=C/[C@@H](C)[C@@H]([C@H](O)COC)OC(=O)[C@H](COC)[C@H]3CC[C@@H]2[C@H]4[C@@H]1O. The second-order valence-electron chi connectivity index (χ2n) is 10.5. The van der Waals surface area contributed by atoms with Gasteiger partial charge in [-0.05, 0) is 31.3 Å². The number of carbonyl (C=O) groups is 1. The van der Waals surface area contributed by atoms with Gasteiger partial charge in [0, 0.05) is 45.0 Å². The van der Waals surface area contributed by atoms with Gasteiger partial charge in [-0.15, -0.1) is 0 Å². The second-order valence-corrected chi connectivity index (χ2v) is 10.5. The molecule has 12 atom stereocenters. The highest BCUT2D eigenvalue weighted by Gasteiger charge is 2.71. The Morgan fingerprint density at radius 3 is 2.47 bits per heavy atom. The van der Waals surface area contributed by atoms with Gasteiger partial charge in [0.25, 0.3) is 0 Å². The fourth-order valence-corrected chi connectivity index (χ4v) is 7.43. The monoisotopic (exact) mass is 484 g/mol. The molecule has 194 valence electrons. The molecular weight excluding hydrogens is 444 g/mol. The first-order valence-corrected chi connectivity index (χ1v) is 12.3. The molecule has 0 amide bonds. The summed E-state index contributed by atoms with van der Waals surface area (Å²) in [4.78, 5) is 13.5. The molecule has 0 aromatic rings. The molecule has 9 heteroatoms. The summed E-state index contributed by atoms with van der Waals surface area (Å²) in [5, 5.41) is 33.4. The predicted octanol–water partition coefficient (Wildman–Crippen LogP) is 0.542. The van der Waals surface area contributed by atoms with Crippen LogP contribution in [-0.2, 0) is 28.5 Å². The number of carbonyl (C=O) groups excluding carboxylic acids is 1. The topological polar surface area (TPSA) is 124 Å². The summed E-state index contributed by atoms with van der Waals surface area (Å²) in [5.74, 6) is -2.53. The number of aliphatic hydroxyl groups excluding tert-OH is 3. The smallest absolute Gasteiger partial charge is 0.312 e. The number of aliphatic hydroxyl groups is 3. The largest absolute Gasteiger partial charge is 0.459 e. The highest BCUT2D eigenvalue weighted by Crippen LogP contribution is 2.63. The minimum atomic E-state index is -0.996. The van der Waals surface area contributed by atoms with Gasteiger partial charge < -0.3 is 39.0 Å². The van der Waals surface area contributed by atoms with E-state index in [1.807, 2.05) is 19.9 Å². The Kier molecular flexibility index (Phi) is 7.74. The molecule has 2 aliphatic heterocycles. The zero-order chi connectivity index (χ0) is 24.8. The van der Waals surface area contributed by atoms with Crippen molar-refractivity contribution in [2.24, 2.45) is 35.5 Å². The minimum absolute atomic E-state index is 0.0251. The second kappa shape index (κ2) is 10.1. The van der Waals surface area contributed by atoms with Gasteiger partial charge in [-0.2, -0.15) is 0 Å². The summed E-state index contributed by atoms with van der Waals surface area (Å²) in [6.45, 7) is 4.25. The van der Waals surface area contributed by atoms with E-state index >= 15 is 0 Å². The van der Waals surface area contributed by atoms with Gasteiger partial charge in [-0.1, -0.05) is 13.0 Å². The molecule has 1 spiro atoms. The van der Waals surface area contributed by atoms with E-state index in [2.05, 4.69) is 0 Å². The maximum Gasteiger partial charge on any atom is 0.312 e. The Morgan fingerprint density at radius 1 is 1.12 bits per heavy atom. The summed E-state index contributed by atoms with van der Waals surface area (Å²) >= 11 is 0. The number of hydrogen-bond acceptors (Lipinski definition) is 9. The molecule has 2 heterocycles. The van der Waals surface area contributed by atoms with E-state index in [0.29, 0.717) is 6.42 Å². The van der Waals surface area contributed by atoms with Gasteiger partial charge in [0.15, 0.2) is 0 Å². The van der Waals surface area contributed by atoms with E-state index < -0.39 is 53.9 Å². The highest BCUT2D eigenvalue weighted by molar-refractivity contribution is 5.74. The first-order chi connectivity index (χ1) is 16.2. The molecule has 0 unspecified atom stereocenters. The first kappa shape index (κ1) is 26.0. The fourth-order valence-electron chi connectivity index (χ4n) is 7.43. The van der Waals surface area contributed by atoms with Crippen LogP contribution in [0.4, 0.5) is 0 Å². The Bertz CT molecular complexity index is 771. The Labute approximate surface area is 201 Å². The number of ether oxygens (including phenoxy) is 5. The third kappa shape index (κ3) is 3.93. The van der Waals surface area contributed by atoms with Crippen LogP contribution in [0.25, 0.3) is 0 Å². The molecule has 0 radical (unpaired) electrons. The van der Waals surface area contributed by atoms with Crippen LogP contribution in [0.3, 0.4) is 0 Å². The average molecular weight is 485 g/mol. The number of cyclic esters (lactones) is 1. The molecule has 4 bridgehead atoms. The van der Waals surface area contributed by atoms with Crippen LogP contribution in [0.15, 0.2) is 11.6 Å². The fraction of sp³-hybridized carbons (Fsp3) is 0.880. The zero-order valence-electron chi connectivity index (χ0n) is 20.8. The quantitative estimate of drug-likeness (QED) is 0.351. The molecule has 3 N–H and O–H groups in total. The predicted molar refractivity (Wildman–Crippen MR) is 121 cm³/mol. The molecule has 9 nitrogen and oxygen atoms in total. The third-order valence-corrected chi connectivity index (χ3v) is 8.76. The summed E-state index contributed by atoms with van der Waals surface area (Å²) in [7, 11) is 4.59. The molecular formula is C25H40O9. The van der Waals surface area contributed by atoms with Gasteiger partial charge >= 0.3 is 5.97 Å². The number of methoxy groups -OCH3 is 3. The van der Waals surface area contributed by atoms with Crippen LogP contribution < -0.4 is 0 Å². The Morgan fingerprint density at radius 2 is 1.82 bits per heavy atom. The molecule has 34 heavy (non-hydrogen) atoms. The van der Waals surface area contributed by atoms with Crippen molar-refractivity contribution in [1.82, 2.24) is 0 Å². The minimum Gasteiger partial charge on any atom is -0.459 e. The summed E-state index contributed by atoms with van der Waals surface area (Å²) in [5.41, 5.74) is -0.0610. The van der Waals surface area contributed by atoms with E-state index in [0.717, 1.165) is 12.0 Å². The maximum atomic E-state index is 13.5. The Balaban J connectivity index is 1.84. The number of rotatable bonds is 7. The van der Waals surface area contributed by atoms with Crippen LogP contribution in [0.1, 0.15) is 26.7 Å².